The average Bonchev–Trinajstić information content (AvgIpc) is 2.44. The van der Waals surface area contributed by atoms with Gasteiger partial charge in [0, 0.05) is 0 Å². The van der Waals surface area contributed by atoms with Crippen molar-refractivity contribution in [3.63, 3.8) is 0 Å². The molecule has 0 radical (unpaired) electrons. The summed E-state index contributed by atoms with van der Waals surface area (Å²) in [5.74, 6) is 0. The first-order valence-corrected chi connectivity index (χ1v) is 11.1. The van der Waals surface area contributed by atoms with Crippen molar-refractivity contribution < 1.29 is 15.5 Å². The monoisotopic (exact) mass is 434 g/mol. The Morgan fingerprint density at radius 1 is 0.909 bits per heavy atom. The Labute approximate surface area is 139 Å². The second-order valence-electron chi connectivity index (χ2n) is 5.79. The van der Waals surface area contributed by atoms with Crippen LogP contribution in [-0.4, -0.2) is 13.0 Å². The molecule has 0 aliphatic carbocycles. The van der Waals surface area contributed by atoms with Gasteiger partial charge in [0.2, 0.25) is 0 Å². The van der Waals surface area contributed by atoms with Crippen LogP contribution < -0.4 is 0 Å². The van der Waals surface area contributed by atoms with Crippen LogP contribution in [0.4, 0.5) is 0 Å². The number of hydrogen-bond donors (Lipinski definition) is 1. The second kappa shape index (κ2) is 6.66. The Morgan fingerprint density at radius 3 is 1.86 bits per heavy atom. The van der Waals surface area contributed by atoms with Crippen molar-refractivity contribution in [3.05, 3.63) is 67.3 Å². The molecular formula is C16H19IO4S. The summed E-state index contributed by atoms with van der Waals surface area (Å²) in [6.07, 6.45) is 0. The van der Waals surface area contributed by atoms with E-state index < -0.39 is 30.6 Å². The van der Waals surface area contributed by atoms with Crippen molar-refractivity contribution in [1.29, 1.82) is 0 Å². The van der Waals surface area contributed by atoms with Crippen molar-refractivity contribution >= 4 is 30.6 Å². The fraction of sp³-hybridized carbons (Fsp3) is 0.250. The summed E-state index contributed by atoms with van der Waals surface area (Å²) in [6.45, 7) is 6.35. The summed E-state index contributed by atoms with van der Waals surface area (Å²) in [7, 11) is -4.49. The number of halogens is 1. The maximum absolute atomic E-state index is 11.2. The molecule has 0 saturated heterocycles. The van der Waals surface area contributed by atoms with Gasteiger partial charge in [-0.2, -0.15) is 0 Å². The molecule has 2 rings (SSSR count). The van der Waals surface area contributed by atoms with Crippen molar-refractivity contribution in [2.24, 2.45) is 0 Å². The Morgan fingerprint density at radius 2 is 1.41 bits per heavy atom. The first-order chi connectivity index (χ1) is 10.2. The van der Waals surface area contributed by atoms with Crippen molar-refractivity contribution in [3.8, 4) is 0 Å². The van der Waals surface area contributed by atoms with E-state index in [9.17, 15) is 8.42 Å². The third-order valence-electron chi connectivity index (χ3n) is 2.98. The van der Waals surface area contributed by atoms with Gasteiger partial charge in [0.05, 0.1) is 0 Å². The topological polar surface area (TPSA) is 63.6 Å². The Bertz CT molecular complexity index is 719. The molecule has 0 spiro atoms. The molecule has 4 nitrogen and oxygen atoms in total. The van der Waals surface area contributed by atoms with Gasteiger partial charge in [0.1, 0.15) is 0 Å². The van der Waals surface area contributed by atoms with Crippen LogP contribution in [-0.2, 0) is 18.3 Å². The third-order valence-corrected chi connectivity index (χ3v) is 9.41. The summed E-state index contributed by atoms with van der Waals surface area (Å²) >= 11 is -2.70. The van der Waals surface area contributed by atoms with Crippen molar-refractivity contribution in [1.82, 2.24) is 0 Å². The van der Waals surface area contributed by atoms with Crippen LogP contribution in [0.2, 0.25) is 0 Å². The zero-order chi connectivity index (χ0) is 16.4. The molecule has 0 aromatic heterocycles. The molecule has 0 fully saturated rings. The normalized spacial score (nSPS) is 13.0. The van der Waals surface area contributed by atoms with Gasteiger partial charge >= 0.3 is 140 Å². The van der Waals surface area contributed by atoms with E-state index in [1.165, 1.54) is 0 Å². The minimum atomic E-state index is -4.49. The number of benzene rings is 2. The van der Waals surface area contributed by atoms with Gasteiger partial charge < -0.3 is 0 Å². The maximum atomic E-state index is 11.2. The van der Waals surface area contributed by atoms with Gasteiger partial charge in [0.25, 0.3) is 0 Å². The second-order valence-corrected chi connectivity index (χ2v) is 11.8. The zero-order valence-electron chi connectivity index (χ0n) is 12.7. The molecule has 0 bridgehead atoms. The van der Waals surface area contributed by atoms with Crippen LogP contribution in [0.1, 0.15) is 26.3 Å². The molecule has 120 valence electrons. The number of rotatable bonds is 4. The first-order valence-electron chi connectivity index (χ1n) is 6.70. The standard InChI is InChI=1S/C16H19IO4S/c1-16(2,3)13-9-11-15(12-10-13)17(21-22(18,19)20)14-7-5-4-6-8-14/h4-12H,1-3H3,(H,18,19,20). The summed E-state index contributed by atoms with van der Waals surface area (Å²) in [6, 6.07) is 16.9. The van der Waals surface area contributed by atoms with E-state index in [0.29, 0.717) is 0 Å². The third kappa shape index (κ3) is 4.77. The first kappa shape index (κ1) is 17.4. The fourth-order valence-electron chi connectivity index (χ4n) is 1.87. The van der Waals surface area contributed by atoms with Crippen LogP contribution in [0.3, 0.4) is 0 Å². The summed E-state index contributed by atoms with van der Waals surface area (Å²) in [4.78, 5) is 0. The minimum absolute atomic E-state index is 0.0221. The van der Waals surface area contributed by atoms with Gasteiger partial charge in [-0.3, -0.25) is 0 Å². The SMILES string of the molecule is CC(C)(C)c1ccc(I(OS(=O)(=O)O)c2ccccc2)cc1. The van der Waals surface area contributed by atoms with E-state index >= 15 is 0 Å². The van der Waals surface area contributed by atoms with Crippen LogP contribution >= 0.6 is 20.2 Å². The molecular weight excluding hydrogens is 415 g/mol. The Hall–Kier alpha value is -0.960. The fourth-order valence-corrected chi connectivity index (χ4v) is 7.59. The van der Waals surface area contributed by atoms with Gasteiger partial charge in [0.15, 0.2) is 0 Å². The molecule has 0 heterocycles. The van der Waals surface area contributed by atoms with Crippen LogP contribution in [0.5, 0.6) is 0 Å². The van der Waals surface area contributed by atoms with Gasteiger partial charge in [-0.15, -0.1) is 0 Å². The zero-order valence-corrected chi connectivity index (χ0v) is 15.6. The van der Waals surface area contributed by atoms with Gasteiger partial charge in [-0.25, -0.2) is 0 Å². The van der Waals surface area contributed by atoms with Gasteiger partial charge in [-0.1, -0.05) is 0 Å². The van der Waals surface area contributed by atoms with Crippen LogP contribution in [0, 0.1) is 7.14 Å². The summed E-state index contributed by atoms with van der Waals surface area (Å²) in [5, 5.41) is 0. The van der Waals surface area contributed by atoms with E-state index in [-0.39, 0.29) is 5.41 Å². The molecule has 2 aromatic rings. The summed E-state index contributed by atoms with van der Waals surface area (Å²) < 4.78 is 38.1. The van der Waals surface area contributed by atoms with Crippen molar-refractivity contribution in [2.75, 3.05) is 0 Å². The average molecular weight is 434 g/mol. The Balaban J connectivity index is 2.41. The molecule has 0 aliphatic rings. The van der Waals surface area contributed by atoms with E-state index in [0.717, 1.165) is 12.7 Å². The summed E-state index contributed by atoms with van der Waals surface area (Å²) in [5.41, 5.74) is 1.18. The molecule has 0 unspecified atom stereocenters. The molecule has 0 aliphatic heterocycles. The molecule has 22 heavy (non-hydrogen) atoms. The van der Waals surface area contributed by atoms with Crippen LogP contribution in [0.25, 0.3) is 0 Å². The molecule has 0 amide bonds. The molecule has 0 atom stereocenters. The van der Waals surface area contributed by atoms with Gasteiger partial charge in [-0.05, 0) is 0 Å². The predicted octanol–water partition coefficient (Wildman–Crippen LogP) is 4.26. The van der Waals surface area contributed by atoms with E-state index in [2.05, 4.69) is 20.8 Å². The van der Waals surface area contributed by atoms with Crippen molar-refractivity contribution in [2.45, 2.75) is 26.2 Å². The van der Waals surface area contributed by atoms with E-state index in [4.69, 9.17) is 7.07 Å². The predicted molar refractivity (Wildman–Crippen MR) is 95.6 cm³/mol. The number of hydrogen-bond acceptors (Lipinski definition) is 3. The molecule has 1 N–H and O–H groups in total. The molecule has 2 aromatic carbocycles. The van der Waals surface area contributed by atoms with Crippen LogP contribution in [0.15, 0.2) is 54.6 Å². The Kier molecular flexibility index (Phi) is 5.26. The quantitative estimate of drug-likeness (QED) is 0.577. The molecule has 6 heteroatoms. The molecule has 0 saturated carbocycles. The van der Waals surface area contributed by atoms with E-state index in [1.807, 2.05) is 54.6 Å². The van der Waals surface area contributed by atoms with E-state index in [1.54, 1.807) is 0 Å².